The van der Waals surface area contributed by atoms with E-state index < -0.39 is 0 Å². The topological polar surface area (TPSA) is 41.5 Å². The van der Waals surface area contributed by atoms with E-state index in [1.807, 2.05) is 6.92 Å². The molecule has 1 atom stereocenters. The first-order valence-electron chi connectivity index (χ1n) is 12.2. The van der Waals surface area contributed by atoms with E-state index in [1.54, 1.807) is 6.07 Å². The molecule has 0 bridgehead atoms. The van der Waals surface area contributed by atoms with E-state index in [0.29, 0.717) is 22.2 Å². The lowest BCUT2D eigenvalue weighted by molar-refractivity contribution is 0.212. The zero-order valence-corrected chi connectivity index (χ0v) is 23.0. The van der Waals surface area contributed by atoms with E-state index in [9.17, 15) is 5.11 Å². The van der Waals surface area contributed by atoms with Gasteiger partial charge in [0.05, 0.1) is 10.7 Å². The Bertz CT molecular complexity index is 953. The number of hydrogen-bond acceptors (Lipinski definition) is 3. The monoisotopic (exact) mass is 493 g/mol. The lowest BCUT2D eigenvalue weighted by Crippen LogP contribution is -2.28. The summed E-state index contributed by atoms with van der Waals surface area (Å²) in [5.41, 5.74) is 3.81. The Balaban J connectivity index is 2.47. The van der Waals surface area contributed by atoms with Crippen molar-refractivity contribution in [3.63, 3.8) is 0 Å². The van der Waals surface area contributed by atoms with Crippen molar-refractivity contribution in [2.24, 2.45) is 0 Å². The standard InChI is InChI=1S/C28H41Cl2NO2/c1-9-13-24(31-22-17-21(29)19(10-2)25(30)26(22)32)33-23-15-14-18(27(5,6)11-3)16-20(23)28(7,8)12-4/h14-17,24,31-32H,9-13H2,1-8H3. The second-order valence-corrected chi connectivity index (χ2v) is 10.9. The first kappa shape index (κ1) is 27.7. The van der Waals surface area contributed by atoms with Crippen molar-refractivity contribution in [2.75, 3.05) is 5.32 Å². The molecule has 2 aromatic carbocycles. The first-order chi connectivity index (χ1) is 15.4. The second kappa shape index (κ2) is 11.2. The highest BCUT2D eigenvalue weighted by Crippen LogP contribution is 2.42. The number of anilines is 1. The Hall–Kier alpha value is -1.58. The SMILES string of the molecule is CCCC(Nc1cc(Cl)c(CC)c(Cl)c1O)Oc1ccc(C(C)(C)CC)cc1C(C)(C)CC. The molecule has 3 nitrogen and oxygen atoms in total. The summed E-state index contributed by atoms with van der Waals surface area (Å²) >= 11 is 12.8. The molecular weight excluding hydrogens is 453 g/mol. The Morgan fingerprint density at radius 1 is 0.970 bits per heavy atom. The Kier molecular flexibility index (Phi) is 9.41. The lowest BCUT2D eigenvalue weighted by Gasteiger charge is -2.32. The molecule has 0 aliphatic heterocycles. The Morgan fingerprint density at radius 3 is 2.15 bits per heavy atom. The lowest BCUT2D eigenvalue weighted by atomic mass is 9.76. The number of aromatic hydroxyl groups is 1. The molecule has 0 fully saturated rings. The summed E-state index contributed by atoms with van der Waals surface area (Å²) in [6, 6.07) is 8.33. The zero-order chi connectivity index (χ0) is 25.0. The average Bonchev–Trinajstić information content (AvgIpc) is 2.77. The predicted octanol–water partition coefficient (Wildman–Crippen LogP) is 9.25. The molecule has 2 aromatic rings. The van der Waals surface area contributed by atoms with Crippen molar-refractivity contribution in [2.45, 2.75) is 105 Å². The van der Waals surface area contributed by atoms with Crippen LogP contribution in [0.2, 0.25) is 10.0 Å². The Labute approximate surface area is 210 Å². The molecule has 184 valence electrons. The highest BCUT2D eigenvalue weighted by atomic mass is 35.5. The molecule has 0 radical (unpaired) electrons. The summed E-state index contributed by atoms with van der Waals surface area (Å²) < 4.78 is 6.56. The van der Waals surface area contributed by atoms with Gasteiger partial charge in [-0.2, -0.15) is 0 Å². The van der Waals surface area contributed by atoms with E-state index in [2.05, 4.69) is 72.0 Å². The van der Waals surface area contributed by atoms with Crippen molar-refractivity contribution in [1.29, 1.82) is 0 Å². The summed E-state index contributed by atoms with van der Waals surface area (Å²) in [6.07, 6.45) is 4.05. The fourth-order valence-corrected chi connectivity index (χ4v) is 4.53. The van der Waals surface area contributed by atoms with Gasteiger partial charge in [-0.1, -0.05) is 97.1 Å². The van der Waals surface area contributed by atoms with Crippen LogP contribution in [0.1, 0.15) is 97.8 Å². The maximum absolute atomic E-state index is 10.7. The number of ether oxygens (including phenoxy) is 1. The molecular formula is C28H41Cl2NO2. The fraction of sp³-hybridized carbons (Fsp3) is 0.571. The fourth-order valence-electron chi connectivity index (χ4n) is 3.81. The largest absolute Gasteiger partial charge is 0.504 e. The van der Waals surface area contributed by atoms with Gasteiger partial charge >= 0.3 is 0 Å². The summed E-state index contributed by atoms with van der Waals surface area (Å²) in [6.45, 7) is 17.6. The van der Waals surface area contributed by atoms with E-state index in [1.165, 1.54) is 11.1 Å². The molecule has 0 saturated heterocycles. The van der Waals surface area contributed by atoms with Crippen molar-refractivity contribution in [3.05, 3.63) is 51.0 Å². The Morgan fingerprint density at radius 2 is 1.61 bits per heavy atom. The molecule has 0 aromatic heterocycles. The molecule has 1 unspecified atom stereocenters. The highest BCUT2D eigenvalue weighted by molar-refractivity contribution is 6.37. The third-order valence-electron chi connectivity index (χ3n) is 7.04. The van der Waals surface area contributed by atoms with Crippen molar-refractivity contribution < 1.29 is 9.84 Å². The van der Waals surface area contributed by atoms with Gasteiger partial charge in [0.25, 0.3) is 0 Å². The van der Waals surface area contributed by atoms with Crippen LogP contribution in [-0.2, 0) is 17.3 Å². The van der Waals surface area contributed by atoms with Crippen LogP contribution < -0.4 is 10.1 Å². The minimum Gasteiger partial charge on any atom is -0.504 e. The average molecular weight is 495 g/mol. The number of hydrogen-bond donors (Lipinski definition) is 2. The smallest absolute Gasteiger partial charge is 0.170 e. The third kappa shape index (κ3) is 6.31. The van der Waals surface area contributed by atoms with Crippen LogP contribution >= 0.6 is 23.2 Å². The van der Waals surface area contributed by atoms with E-state index >= 15 is 0 Å². The number of phenols is 1. The van der Waals surface area contributed by atoms with Crippen LogP contribution in [0.3, 0.4) is 0 Å². The van der Waals surface area contributed by atoms with E-state index in [-0.39, 0.29) is 22.8 Å². The quantitative estimate of drug-likeness (QED) is 0.242. The normalized spacial score (nSPS) is 13.2. The molecule has 0 spiro atoms. The van der Waals surface area contributed by atoms with Crippen molar-refractivity contribution in [3.8, 4) is 11.5 Å². The predicted molar refractivity (Wildman–Crippen MR) is 144 cm³/mol. The molecule has 0 heterocycles. The molecule has 2 N–H and O–H groups in total. The van der Waals surface area contributed by atoms with Gasteiger partial charge in [-0.25, -0.2) is 0 Å². The molecule has 0 aliphatic carbocycles. The van der Waals surface area contributed by atoms with Crippen LogP contribution in [0.25, 0.3) is 0 Å². The molecule has 33 heavy (non-hydrogen) atoms. The van der Waals surface area contributed by atoms with Gasteiger partial charge in [0, 0.05) is 17.0 Å². The molecule has 5 heteroatoms. The first-order valence-corrected chi connectivity index (χ1v) is 12.9. The van der Waals surface area contributed by atoms with Crippen LogP contribution in [0.4, 0.5) is 5.69 Å². The number of nitrogens with one attached hydrogen (secondary N) is 1. The number of halogens is 2. The van der Waals surface area contributed by atoms with Crippen LogP contribution in [0, 0.1) is 0 Å². The molecule has 0 aliphatic rings. The number of rotatable bonds is 11. The van der Waals surface area contributed by atoms with E-state index in [0.717, 1.165) is 37.0 Å². The van der Waals surface area contributed by atoms with Gasteiger partial charge in [-0.3, -0.25) is 0 Å². The van der Waals surface area contributed by atoms with Crippen molar-refractivity contribution >= 4 is 28.9 Å². The summed E-state index contributed by atoms with van der Waals surface area (Å²) in [7, 11) is 0. The van der Waals surface area contributed by atoms with Crippen LogP contribution in [0.5, 0.6) is 11.5 Å². The zero-order valence-electron chi connectivity index (χ0n) is 21.5. The van der Waals surface area contributed by atoms with Gasteiger partial charge in [0.2, 0.25) is 0 Å². The minimum absolute atomic E-state index is 0.0109. The third-order valence-corrected chi connectivity index (χ3v) is 7.78. The highest BCUT2D eigenvalue weighted by Gasteiger charge is 2.28. The van der Waals surface area contributed by atoms with Gasteiger partial charge < -0.3 is 15.2 Å². The number of phenolic OH excluding ortho intramolecular Hbond substituents is 1. The summed E-state index contributed by atoms with van der Waals surface area (Å²) in [4.78, 5) is 0. The summed E-state index contributed by atoms with van der Waals surface area (Å²) in [5, 5.41) is 14.9. The van der Waals surface area contributed by atoms with Crippen LogP contribution in [0.15, 0.2) is 24.3 Å². The second-order valence-electron chi connectivity index (χ2n) is 10.1. The van der Waals surface area contributed by atoms with Gasteiger partial charge in [0.15, 0.2) is 12.0 Å². The van der Waals surface area contributed by atoms with E-state index in [4.69, 9.17) is 27.9 Å². The van der Waals surface area contributed by atoms with Crippen molar-refractivity contribution in [1.82, 2.24) is 0 Å². The number of benzene rings is 2. The van der Waals surface area contributed by atoms with Gasteiger partial charge in [0.1, 0.15) is 5.75 Å². The molecule has 0 amide bonds. The summed E-state index contributed by atoms with van der Waals surface area (Å²) in [5.74, 6) is 0.877. The molecule has 0 saturated carbocycles. The molecule has 2 rings (SSSR count). The van der Waals surface area contributed by atoms with Gasteiger partial charge in [-0.15, -0.1) is 0 Å². The maximum atomic E-state index is 10.7. The van der Waals surface area contributed by atoms with Crippen LogP contribution in [-0.4, -0.2) is 11.3 Å². The van der Waals surface area contributed by atoms with Gasteiger partial charge in [-0.05, 0) is 53.4 Å². The minimum atomic E-state index is -0.336. The maximum Gasteiger partial charge on any atom is 0.170 e.